The van der Waals surface area contributed by atoms with E-state index in [2.05, 4.69) is 0 Å². The van der Waals surface area contributed by atoms with Crippen molar-refractivity contribution in [3.8, 4) is 11.5 Å². The van der Waals surface area contributed by atoms with Gasteiger partial charge in [0, 0.05) is 31.1 Å². The molecule has 3 aliphatic rings. The number of carbonyl (C=O) groups is 2. The van der Waals surface area contributed by atoms with Gasteiger partial charge in [-0.15, -0.1) is 0 Å². The third-order valence-electron chi connectivity index (χ3n) is 7.72. The molecule has 2 atom stereocenters. The number of amides is 1. The van der Waals surface area contributed by atoms with Crippen LogP contribution in [-0.4, -0.2) is 59.8 Å². The topological polar surface area (TPSA) is 80.5 Å². The number of rotatable bonds is 6. The fourth-order valence-corrected chi connectivity index (χ4v) is 5.87. The zero-order valence-corrected chi connectivity index (χ0v) is 22.3. The number of likely N-dealkylation sites (tertiary alicyclic amines) is 2. The Morgan fingerprint density at radius 3 is 2.47 bits per heavy atom. The molecule has 0 radical (unpaired) electrons. The van der Waals surface area contributed by atoms with Gasteiger partial charge in [0.15, 0.2) is 12.1 Å². The summed E-state index contributed by atoms with van der Waals surface area (Å²) in [5.41, 5.74) is 0.514. The van der Waals surface area contributed by atoms with Gasteiger partial charge in [-0.3, -0.25) is 9.59 Å². The first-order valence-electron chi connectivity index (χ1n) is 13.7. The fourth-order valence-electron chi connectivity index (χ4n) is 5.87. The lowest BCUT2D eigenvalue weighted by molar-refractivity contribution is -0.941. The van der Waals surface area contributed by atoms with Crippen LogP contribution in [0, 0.1) is 5.92 Å². The summed E-state index contributed by atoms with van der Waals surface area (Å²) in [6.45, 7) is 11.4. The first-order chi connectivity index (χ1) is 17.2. The molecule has 0 unspecified atom stereocenters. The van der Waals surface area contributed by atoms with Crippen LogP contribution in [0.1, 0.15) is 89.8 Å². The van der Waals surface area contributed by atoms with E-state index < -0.39 is 11.7 Å². The fraction of sp³-hybridized carbons (Fsp3) is 0.655. The molecule has 0 aliphatic carbocycles. The zero-order chi connectivity index (χ0) is 25.9. The number of quaternary nitrogens is 1. The summed E-state index contributed by atoms with van der Waals surface area (Å²) in [5.74, 6) is 0.665. The van der Waals surface area contributed by atoms with Crippen LogP contribution < -0.4 is 9.64 Å². The minimum Gasteiger partial charge on any atom is -0.507 e. The summed E-state index contributed by atoms with van der Waals surface area (Å²) in [6.07, 6.45) is 9.69. The second kappa shape index (κ2) is 11.2. The lowest BCUT2D eigenvalue weighted by Crippen LogP contribution is -3.14. The molecule has 0 aromatic heterocycles. The molecule has 0 bridgehead atoms. The number of phenolic OH excluding ortho intramolecular Hbond substituents is 1. The van der Waals surface area contributed by atoms with E-state index in [-0.39, 0.29) is 29.6 Å². The lowest BCUT2D eigenvalue weighted by Gasteiger charge is -2.46. The zero-order valence-electron chi connectivity index (χ0n) is 22.3. The van der Waals surface area contributed by atoms with E-state index in [1.807, 2.05) is 38.7 Å². The number of piperidine rings is 2. The highest BCUT2D eigenvalue weighted by atomic mass is 16.6. The van der Waals surface area contributed by atoms with Crippen molar-refractivity contribution in [2.75, 3.05) is 26.2 Å². The predicted octanol–water partition coefficient (Wildman–Crippen LogP) is 3.66. The summed E-state index contributed by atoms with van der Waals surface area (Å²) in [4.78, 5) is 28.7. The number of nitrogens with one attached hydrogen (secondary N) is 1. The summed E-state index contributed by atoms with van der Waals surface area (Å²) in [7, 11) is 0. The van der Waals surface area contributed by atoms with Crippen LogP contribution in [0.5, 0.6) is 11.5 Å². The smallest absolute Gasteiger partial charge is 0.306 e. The van der Waals surface area contributed by atoms with E-state index >= 15 is 0 Å². The molecule has 3 aliphatic heterocycles. The van der Waals surface area contributed by atoms with E-state index in [4.69, 9.17) is 9.47 Å². The van der Waals surface area contributed by atoms with Gasteiger partial charge in [0.2, 0.25) is 5.91 Å². The lowest BCUT2D eigenvalue weighted by atomic mass is 9.83. The molecule has 2 N–H and O–H groups in total. The largest absolute Gasteiger partial charge is 0.507 e. The molecule has 1 aromatic rings. The highest BCUT2D eigenvalue weighted by molar-refractivity contribution is 5.92. The first kappa shape index (κ1) is 26.5. The Labute approximate surface area is 215 Å². The number of phenols is 1. The highest BCUT2D eigenvalue weighted by Gasteiger charge is 2.53. The van der Waals surface area contributed by atoms with Crippen LogP contribution >= 0.6 is 0 Å². The molecule has 7 nitrogen and oxygen atoms in total. The summed E-state index contributed by atoms with van der Waals surface area (Å²) < 4.78 is 12.5. The molecule has 2 fully saturated rings. The third-order valence-corrected chi connectivity index (χ3v) is 7.72. The van der Waals surface area contributed by atoms with Crippen molar-refractivity contribution >= 4 is 18.0 Å². The number of benzene rings is 1. The summed E-state index contributed by atoms with van der Waals surface area (Å²) in [5, 5.41) is 11.5. The maximum atomic E-state index is 12.8. The van der Waals surface area contributed by atoms with E-state index in [0.29, 0.717) is 23.3 Å². The predicted molar refractivity (Wildman–Crippen MR) is 139 cm³/mol. The van der Waals surface area contributed by atoms with Crippen LogP contribution in [0.25, 0.3) is 6.08 Å². The van der Waals surface area contributed by atoms with Crippen LogP contribution in [0.4, 0.5) is 0 Å². The van der Waals surface area contributed by atoms with E-state index in [0.717, 1.165) is 51.9 Å². The average Bonchev–Trinajstić information content (AvgIpc) is 2.84. The average molecular weight is 500 g/mol. The number of hydrogen-bond acceptors (Lipinski definition) is 5. The van der Waals surface area contributed by atoms with Crippen LogP contribution in [0.15, 0.2) is 18.2 Å². The number of nitrogens with zero attached hydrogens (tertiary/aromatic N) is 1. The van der Waals surface area contributed by atoms with Crippen molar-refractivity contribution in [2.24, 2.45) is 5.92 Å². The third kappa shape index (κ3) is 5.88. The molecule has 2 saturated heterocycles. The van der Waals surface area contributed by atoms with E-state index in [9.17, 15) is 14.7 Å². The normalized spacial score (nSPS) is 24.4. The van der Waals surface area contributed by atoms with Crippen LogP contribution in [-0.2, 0) is 14.3 Å². The number of ether oxygens (including phenoxy) is 2. The van der Waals surface area contributed by atoms with Crippen LogP contribution in [0.2, 0.25) is 0 Å². The number of fused-ring (bicyclic) bond motifs is 1. The molecule has 36 heavy (non-hydrogen) atoms. The molecule has 1 amide bonds. The quantitative estimate of drug-likeness (QED) is 0.461. The van der Waals surface area contributed by atoms with Gasteiger partial charge >= 0.3 is 5.97 Å². The van der Waals surface area contributed by atoms with Crippen LogP contribution in [0.3, 0.4) is 0 Å². The van der Waals surface area contributed by atoms with Crippen molar-refractivity contribution in [2.45, 2.75) is 90.4 Å². The Hall–Kier alpha value is -2.54. The molecule has 3 heterocycles. The Balaban J connectivity index is 1.69. The minimum atomic E-state index is -0.747. The molecular formula is C29H43N2O5+. The van der Waals surface area contributed by atoms with Gasteiger partial charge in [0.25, 0.3) is 0 Å². The molecule has 1 aromatic carbocycles. The number of esters is 1. The maximum absolute atomic E-state index is 12.8. The SMILES string of the molecule is CC(C)CC(=O)O[C@H]1[C@H]([NH+]2CCCCC2)c2c(ccc(/C=C/C(=O)N3CCCCC3)c2O)OC1(C)C. The second-order valence-electron chi connectivity index (χ2n) is 11.5. The van der Waals surface area contributed by atoms with Gasteiger partial charge in [0.1, 0.15) is 17.1 Å². The second-order valence-corrected chi connectivity index (χ2v) is 11.5. The molecule has 4 rings (SSSR count). The Morgan fingerprint density at radius 2 is 1.81 bits per heavy atom. The summed E-state index contributed by atoms with van der Waals surface area (Å²) >= 11 is 0. The number of aromatic hydroxyl groups is 1. The van der Waals surface area contributed by atoms with Gasteiger partial charge < -0.3 is 24.4 Å². The van der Waals surface area contributed by atoms with Gasteiger partial charge in [0.05, 0.1) is 18.7 Å². The Bertz CT molecular complexity index is 974. The monoisotopic (exact) mass is 499 g/mol. The Morgan fingerprint density at radius 1 is 1.14 bits per heavy atom. The molecular weight excluding hydrogens is 456 g/mol. The summed E-state index contributed by atoms with van der Waals surface area (Å²) in [6, 6.07) is 3.44. The number of carbonyl (C=O) groups excluding carboxylic acids is 2. The Kier molecular flexibility index (Phi) is 8.28. The van der Waals surface area contributed by atoms with Crippen molar-refractivity contribution < 1.29 is 29.1 Å². The highest BCUT2D eigenvalue weighted by Crippen LogP contribution is 2.46. The van der Waals surface area contributed by atoms with Gasteiger partial charge in [-0.2, -0.15) is 0 Å². The van der Waals surface area contributed by atoms with Gasteiger partial charge in [-0.05, 0) is 76.5 Å². The van der Waals surface area contributed by atoms with E-state index in [1.165, 1.54) is 17.7 Å². The maximum Gasteiger partial charge on any atom is 0.306 e. The van der Waals surface area contributed by atoms with Crippen molar-refractivity contribution in [1.29, 1.82) is 0 Å². The van der Waals surface area contributed by atoms with Gasteiger partial charge in [-0.25, -0.2) is 0 Å². The standard InChI is InChI=1S/C29H42N2O5/c1-20(2)19-24(33)35-28-26(31-17-9-6-10-18-31)25-22(36-29(28,3)4)13-11-21(27(25)34)12-14-23(32)30-15-7-5-8-16-30/h11-14,20,26,28,34H,5-10,15-19H2,1-4H3/p+1/b14-12+/t26-,28+/m1/s1. The van der Waals surface area contributed by atoms with Crippen molar-refractivity contribution in [3.05, 3.63) is 29.3 Å². The number of hydrogen-bond donors (Lipinski definition) is 2. The first-order valence-corrected chi connectivity index (χ1v) is 13.7. The van der Waals surface area contributed by atoms with Gasteiger partial charge in [-0.1, -0.05) is 13.8 Å². The molecule has 0 saturated carbocycles. The van der Waals surface area contributed by atoms with Crippen molar-refractivity contribution in [3.63, 3.8) is 0 Å². The molecule has 198 valence electrons. The molecule has 0 spiro atoms. The van der Waals surface area contributed by atoms with E-state index in [1.54, 1.807) is 18.2 Å². The molecule has 7 heteroatoms. The van der Waals surface area contributed by atoms with Crippen molar-refractivity contribution in [1.82, 2.24) is 4.90 Å². The minimum absolute atomic E-state index is 0.0251.